The van der Waals surface area contributed by atoms with Gasteiger partial charge in [-0.15, -0.1) is 0 Å². The van der Waals surface area contributed by atoms with Crippen molar-refractivity contribution in [1.82, 2.24) is 0 Å². The summed E-state index contributed by atoms with van der Waals surface area (Å²) < 4.78 is 48.6. The average molecular weight is 410 g/mol. The lowest BCUT2D eigenvalue weighted by molar-refractivity contribution is 0.102. The van der Waals surface area contributed by atoms with Gasteiger partial charge in [-0.05, 0) is 42.8 Å². The first-order valence-electron chi connectivity index (χ1n) is 8.03. The summed E-state index contributed by atoms with van der Waals surface area (Å²) in [6.07, 6.45) is 1.54. The molecule has 1 amide bonds. The standard InChI is InChI=1S/C17H18N2O6S2/c1-26(22,23)14-5-2-4-12(10-14)17(21)18-15-11-13(6-7-16(15)20)19-8-3-9-27(19,24)25/h2,4-7,10-11,20H,3,8-9H2,1H3,(H,18,21). The predicted molar refractivity (Wildman–Crippen MR) is 101 cm³/mol. The average Bonchev–Trinajstić information content (AvgIpc) is 2.95. The Labute approximate surface area is 157 Å². The molecule has 1 saturated heterocycles. The van der Waals surface area contributed by atoms with Crippen LogP contribution in [0.25, 0.3) is 0 Å². The van der Waals surface area contributed by atoms with E-state index in [1.807, 2.05) is 0 Å². The summed E-state index contributed by atoms with van der Waals surface area (Å²) >= 11 is 0. The van der Waals surface area contributed by atoms with Gasteiger partial charge < -0.3 is 10.4 Å². The number of hydrogen-bond donors (Lipinski definition) is 2. The lowest BCUT2D eigenvalue weighted by atomic mass is 10.2. The third-order valence-electron chi connectivity index (χ3n) is 4.14. The summed E-state index contributed by atoms with van der Waals surface area (Å²) in [7, 11) is -6.87. The number of benzene rings is 2. The summed E-state index contributed by atoms with van der Waals surface area (Å²) in [5, 5.41) is 12.5. The zero-order chi connectivity index (χ0) is 19.8. The molecule has 1 aliphatic rings. The number of carbonyl (C=O) groups is 1. The molecule has 0 spiro atoms. The molecule has 27 heavy (non-hydrogen) atoms. The number of sulfone groups is 1. The van der Waals surface area contributed by atoms with Crippen LogP contribution in [0, 0.1) is 0 Å². The highest BCUT2D eigenvalue weighted by Crippen LogP contribution is 2.32. The van der Waals surface area contributed by atoms with Gasteiger partial charge >= 0.3 is 0 Å². The highest BCUT2D eigenvalue weighted by Gasteiger charge is 2.29. The van der Waals surface area contributed by atoms with Gasteiger partial charge in [-0.2, -0.15) is 0 Å². The molecule has 0 radical (unpaired) electrons. The topological polar surface area (TPSA) is 121 Å². The molecular formula is C17H18N2O6S2. The minimum absolute atomic E-state index is 0.00344. The maximum absolute atomic E-state index is 12.5. The number of carbonyl (C=O) groups excluding carboxylic acids is 1. The van der Waals surface area contributed by atoms with E-state index in [1.165, 1.54) is 46.8 Å². The van der Waals surface area contributed by atoms with E-state index in [4.69, 9.17) is 0 Å². The molecule has 1 aliphatic heterocycles. The summed E-state index contributed by atoms with van der Waals surface area (Å²) in [5.74, 6) is -0.811. The summed E-state index contributed by atoms with van der Waals surface area (Å²) in [4.78, 5) is 12.5. The fourth-order valence-electron chi connectivity index (χ4n) is 2.77. The summed E-state index contributed by atoms with van der Waals surface area (Å²) in [6, 6.07) is 9.62. The highest BCUT2D eigenvalue weighted by molar-refractivity contribution is 7.93. The second kappa shape index (κ2) is 6.86. The third kappa shape index (κ3) is 4.06. The summed E-state index contributed by atoms with van der Waals surface area (Å²) in [6.45, 7) is 0.330. The van der Waals surface area contributed by atoms with E-state index in [9.17, 15) is 26.7 Å². The molecule has 0 atom stereocenters. The van der Waals surface area contributed by atoms with Crippen LogP contribution in [0.1, 0.15) is 16.8 Å². The Morgan fingerprint density at radius 2 is 1.93 bits per heavy atom. The van der Waals surface area contributed by atoms with E-state index in [2.05, 4.69) is 5.32 Å². The Kier molecular flexibility index (Phi) is 4.87. The summed E-state index contributed by atoms with van der Waals surface area (Å²) in [5.41, 5.74) is 0.464. The van der Waals surface area contributed by atoms with Crippen molar-refractivity contribution in [2.75, 3.05) is 28.2 Å². The fraction of sp³-hybridized carbons (Fsp3) is 0.235. The van der Waals surface area contributed by atoms with Crippen LogP contribution in [0.15, 0.2) is 47.4 Å². The zero-order valence-corrected chi connectivity index (χ0v) is 16.0. The van der Waals surface area contributed by atoms with E-state index in [0.29, 0.717) is 18.7 Å². The number of amides is 1. The maximum Gasteiger partial charge on any atom is 0.255 e. The van der Waals surface area contributed by atoms with Gasteiger partial charge in [0.05, 0.1) is 22.0 Å². The molecule has 0 unspecified atom stereocenters. The fourth-order valence-corrected chi connectivity index (χ4v) is 4.99. The van der Waals surface area contributed by atoms with Gasteiger partial charge in [0.1, 0.15) is 5.75 Å². The molecule has 8 nitrogen and oxygen atoms in total. The number of phenols is 1. The Hall–Kier alpha value is -2.59. The van der Waals surface area contributed by atoms with Crippen LogP contribution in [0.5, 0.6) is 5.75 Å². The maximum atomic E-state index is 12.5. The molecule has 2 N–H and O–H groups in total. The van der Waals surface area contributed by atoms with Gasteiger partial charge in [-0.3, -0.25) is 9.10 Å². The molecule has 0 bridgehead atoms. The van der Waals surface area contributed by atoms with Crippen molar-refractivity contribution in [2.45, 2.75) is 11.3 Å². The Morgan fingerprint density at radius 3 is 2.56 bits per heavy atom. The van der Waals surface area contributed by atoms with Crippen LogP contribution in [-0.2, 0) is 19.9 Å². The molecule has 1 fully saturated rings. The van der Waals surface area contributed by atoms with E-state index in [1.54, 1.807) is 0 Å². The molecule has 0 aliphatic carbocycles. The lowest BCUT2D eigenvalue weighted by Crippen LogP contribution is -2.25. The van der Waals surface area contributed by atoms with Crippen LogP contribution in [0.2, 0.25) is 0 Å². The molecule has 1 heterocycles. The van der Waals surface area contributed by atoms with Crippen molar-refractivity contribution in [1.29, 1.82) is 0 Å². The predicted octanol–water partition coefficient (Wildman–Crippen LogP) is 1.59. The van der Waals surface area contributed by atoms with Crippen LogP contribution in [-0.4, -0.2) is 46.4 Å². The van der Waals surface area contributed by atoms with Crippen molar-refractivity contribution in [3.8, 4) is 5.75 Å². The minimum atomic E-state index is -3.47. The molecule has 2 aromatic carbocycles. The van der Waals surface area contributed by atoms with Crippen molar-refractivity contribution in [3.05, 3.63) is 48.0 Å². The number of nitrogens with zero attached hydrogens (tertiary/aromatic N) is 1. The Bertz CT molecular complexity index is 1110. The minimum Gasteiger partial charge on any atom is -0.506 e. The molecule has 0 saturated carbocycles. The van der Waals surface area contributed by atoms with Gasteiger partial charge in [0.25, 0.3) is 5.91 Å². The number of anilines is 2. The van der Waals surface area contributed by atoms with Crippen molar-refractivity contribution < 1.29 is 26.7 Å². The number of sulfonamides is 1. The molecule has 10 heteroatoms. The molecule has 144 valence electrons. The normalized spacial score (nSPS) is 16.3. The van der Waals surface area contributed by atoms with Crippen LogP contribution < -0.4 is 9.62 Å². The first-order chi connectivity index (χ1) is 12.6. The van der Waals surface area contributed by atoms with Crippen molar-refractivity contribution >= 4 is 37.1 Å². The second-order valence-electron chi connectivity index (χ2n) is 6.20. The molecule has 0 aromatic heterocycles. The Morgan fingerprint density at radius 1 is 1.19 bits per heavy atom. The number of rotatable bonds is 4. The van der Waals surface area contributed by atoms with Crippen LogP contribution in [0.4, 0.5) is 11.4 Å². The van der Waals surface area contributed by atoms with E-state index in [-0.39, 0.29) is 27.6 Å². The van der Waals surface area contributed by atoms with Gasteiger partial charge in [0.15, 0.2) is 9.84 Å². The Balaban J connectivity index is 1.90. The smallest absolute Gasteiger partial charge is 0.255 e. The molecule has 3 rings (SSSR count). The largest absolute Gasteiger partial charge is 0.506 e. The van der Waals surface area contributed by atoms with Crippen LogP contribution >= 0.6 is 0 Å². The first-order valence-corrected chi connectivity index (χ1v) is 11.5. The van der Waals surface area contributed by atoms with Crippen molar-refractivity contribution in [3.63, 3.8) is 0 Å². The number of aromatic hydroxyl groups is 1. The van der Waals surface area contributed by atoms with Gasteiger partial charge in [-0.25, -0.2) is 16.8 Å². The second-order valence-corrected chi connectivity index (χ2v) is 10.2. The lowest BCUT2D eigenvalue weighted by Gasteiger charge is -2.18. The van der Waals surface area contributed by atoms with Crippen molar-refractivity contribution in [2.24, 2.45) is 0 Å². The SMILES string of the molecule is CS(=O)(=O)c1cccc(C(=O)Nc2cc(N3CCCS3(=O)=O)ccc2O)c1. The van der Waals surface area contributed by atoms with Gasteiger partial charge in [0, 0.05) is 18.4 Å². The monoisotopic (exact) mass is 410 g/mol. The highest BCUT2D eigenvalue weighted by atomic mass is 32.2. The number of phenolic OH excluding ortho intramolecular Hbond substituents is 1. The first kappa shape index (κ1) is 19.2. The van der Waals surface area contributed by atoms with Gasteiger partial charge in [-0.1, -0.05) is 6.07 Å². The number of nitrogens with one attached hydrogen (secondary N) is 1. The third-order valence-corrected chi connectivity index (χ3v) is 7.12. The molecule has 2 aromatic rings. The van der Waals surface area contributed by atoms with E-state index in [0.717, 1.165) is 6.26 Å². The van der Waals surface area contributed by atoms with E-state index >= 15 is 0 Å². The van der Waals surface area contributed by atoms with Crippen LogP contribution in [0.3, 0.4) is 0 Å². The zero-order valence-electron chi connectivity index (χ0n) is 14.4. The quantitative estimate of drug-likeness (QED) is 0.739. The van der Waals surface area contributed by atoms with Gasteiger partial charge in [0.2, 0.25) is 10.0 Å². The molecular weight excluding hydrogens is 392 g/mol. The number of hydrogen-bond acceptors (Lipinski definition) is 6. The van der Waals surface area contributed by atoms with E-state index < -0.39 is 25.8 Å².